The van der Waals surface area contributed by atoms with E-state index < -0.39 is 0 Å². The Bertz CT molecular complexity index is 906. The van der Waals surface area contributed by atoms with Crippen molar-refractivity contribution in [3.63, 3.8) is 0 Å². The van der Waals surface area contributed by atoms with Gasteiger partial charge in [-0.2, -0.15) is 0 Å². The number of nitrogens with one attached hydrogen (secondary N) is 1. The zero-order valence-corrected chi connectivity index (χ0v) is 17.2. The van der Waals surface area contributed by atoms with Crippen LogP contribution >= 0.6 is 23.5 Å². The summed E-state index contributed by atoms with van der Waals surface area (Å²) in [5.74, 6) is 2.73. The predicted octanol–water partition coefficient (Wildman–Crippen LogP) is 3.77. The monoisotopic (exact) mass is 401 g/mol. The van der Waals surface area contributed by atoms with Gasteiger partial charge in [0.05, 0.1) is 13.2 Å². The number of rotatable bonds is 6. The second-order valence-corrected chi connectivity index (χ2v) is 8.12. The third kappa shape index (κ3) is 4.23. The van der Waals surface area contributed by atoms with Crippen LogP contribution in [0.1, 0.15) is 18.3 Å². The van der Waals surface area contributed by atoms with Gasteiger partial charge in [0, 0.05) is 30.2 Å². The van der Waals surface area contributed by atoms with Gasteiger partial charge in [-0.25, -0.2) is 15.0 Å². The summed E-state index contributed by atoms with van der Waals surface area (Å²) in [6.07, 6.45) is 2.94. The minimum Gasteiger partial charge on any atom is -0.378 e. The summed E-state index contributed by atoms with van der Waals surface area (Å²) < 4.78 is 5.50. The first-order valence-electron chi connectivity index (χ1n) is 9.12. The highest BCUT2D eigenvalue weighted by atomic mass is 32.2. The Labute approximate surface area is 167 Å². The van der Waals surface area contributed by atoms with Gasteiger partial charge in [0.15, 0.2) is 16.6 Å². The SMILES string of the molecule is CCc1nc2nc(SCc3ccc(SC)cc3)nc(N3CCOCC3)c2[nH]1. The molecule has 0 aliphatic carbocycles. The first-order valence-corrected chi connectivity index (χ1v) is 11.3. The molecule has 1 aliphatic rings. The molecule has 0 unspecified atom stereocenters. The Morgan fingerprint density at radius 3 is 2.59 bits per heavy atom. The lowest BCUT2D eigenvalue weighted by Crippen LogP contribution is -2.37. The number of fused-ring (bicyclic) bond motifs is 1. The van der Waals surface area contributed by atoms with Gasteiger partial charge in [-0.1, -0.05) is 30.8 Å². The molecule has 0 saturated carbocycles. The van der Waals surface area contributed by atoms with Gasteiger partial charge in [-0.15, -0.1) is 11.8 Å². The van der Waals surface area contributed by atoms with E-state index in [-0.39, 0.29) is 0 Å². The van der Waals surface area contributed by atoms with Crippen LogP contribution in [0.4, 0.5) is 5.82 Å². The molecule has 1 aromatic carbocycles. The molecule has 1 fully saturated rings. The molecule has 3 heterocycles. The van der Waals surface area contributed by atoms with Crippen molar-refractivity contribution < 1.29 is 4.74 Å². The van der Waals surface area contributed by atoms with Crippen LogP contribution in [0, 0.1) is 0 Å². The highest BCUT2D eigenvalue weighted by molar-refractivity contribution is 7.98. The van der Waals surface area contributed by atoms with Crippen molar-refractivity contribution in [3.8, 4) is 0 Å². The van der Waals surface area contributed by atoms with Gasteiger partial charge in [-0.3, -0.25) is 0 Å². The second-order valence-electron chi connectivity index (χ2n) is 6.30. The number of hydrogen-bond acceptors (Lipinski definition) is 7. The number of nitrogens with zero attached hydrogens (tertiary/aromatic N) is 4. The Morgan fingerprint density at radius 1 is 1.11 bits per heavy atom. The van der Waals surface area contributed by atoms with E-state index in [0.29, 0.717) is 0 Å². The molecule has 1 saturated heterocycles. The number of morpholine rings is 1. The fourth-order valence-electron chi connectivity index (χ4n) is 3.02. The second kappa shape index (κ2) is 8.50. The van der Waals surface area contributed by atoms with Crippen LogP contribution in [-0.4, -0.2) is 52.5 Å². The molecule has 0 atom stereocenters. The number of benzene rings is 1. The highest BCUT2D eigenvalue weighted by Crippen LogP contribution is 2.28. The van der Waals surface area contributed by atoms with Crippen LogP contribution in [0.3, 0.4) is 0 Å². The van der Waals surface area contributed by atoms with Crippen molar-refractivity contribution in [1.82, 2.24) is 19.9 Å². The number of aromatic nitrogens is 4. The van der Waals surface area contributed by atoms with Crippen molar-refractivity contribution in [3.05, 3.63) is 35.7 Å². The summed E-state index contributed by atoms with van der Waals surface area (Å²) in [6.45, 7) is 5.22. The van der Waals surface area contributed by atoms with Crippen molar-refractivity contribution in [2.45, 2.75) is 29.1 Å². The average molecular weight is 402 g/mol. The Balaban J connectivity index is 1.61. The molecule has 3 aromatic rings. The largest absolute Gasteiger partial charge is 0.378 e. The van der Waals surface area contributed by atoms with E-state index in [9.17, 15) is 0 Å². The molecular weight excluding hydrogens is 378 g/mol. The smallest absolute Gasteiger partial charge is 0.192 e. The van der Waals surface area contributed by atoms with Crippen LogP contribution in [0.2, 0.25) is 0 Å². The van der Waals surface area contributed by atoms with Gasteiger partial charge in [0.2, 0.25) is 0 Å². The minimum atomic E-state index is 0.727. The third-order valence-corrected chi connectivity index (χ3v) is 6.19. The van der Waals surface area contributed by atoms with Crippen LogP contribution in [0.5, 0.6) is 0 Å². The maximum Gasteiger partial charge on any atom is 0.192 e. The van der Waals surface area contributed by atoms with Gasteiger partial charge in [0.1, 0.15) is 11.3 Å². The van der Waals surface area contributed by atoms with Gasteiger partial charge in [-0.05, 0) is 24.0 Å². The molecule has 0 radical (unpaired) electrons. The summed E-state index contributed by atoms with van der Waals surface area (Å²) in [7, 11) is 0. The average Bonchev–Trinajstić information content (AvgIpc) is 3.16. The van der Waals surface area contributed by atoms with E-state index in [1.807, 2.05) is 0 Å². The number of aryl methyl sites for hydroxylation is 1. The van der Waals surface area contributed by atoms with E-state index in [0.717, 1.165) is 66.4 Å². The van der Waals surface area contributed by atoms with Gasteiger partial charge in [0.25, 0.3) is 0 Å². The van der Waals surface area contributed by atoms with E-state index in [2.05, 4.69) is 52.3 Å². The summed E-state index contributed by atoms with van der Waals surface area (Å²) in [5.41, 5.74) is 2.96. The van der Waals surface area contributed by atoms with E-state index in [4.69, 9.17) is 14.7 Å². The van der Waals surface area contributed by atoms with Gasteiger partial charge < -0.3 is 14.6 Å². The quantitative estimate of drug-likeness (QED) is 0.498. The van der Waals surface area contributed by atoms with E-state index >= 15 is 0 Å². The van der Waals surface area contributed by atoms with Gasteiger partial charge >= 0.3 is 0 Å². The lowest BCUT2D eigenvalue weighted by molar-refractivity contribution is 0.122. The van der Waals surface area contributed by atoms with Crippen molar-refractivity contribution >= 4 is 40.5 Å². The molecule has 142 valence electrons. The lowest BCUT2D eigenvalue weighted by atomic mass is 10.2. The first-order chi connectivity index (χ1) is 13.3. The van der Waals surface area contributed by atoms with E-state index in [1.165, 1.54) is 10.5 Å². The number of anilines is 1. The fraction of sp³-hybridized carbons (Fsp3) is 0.421. The maximum atomic E-state index is 5.50. The number of aromatic amines is 1. The predicted molar refractivity (Wildman–Crippen MR) is 112 cm³/mol. The Morgan fingerprint density at radius 2 is 1.89 bits per heavy atom. The fourth-order valence-corrected chi connectivity index (χ4v) is 4.21. The Kier molecular flexibility index (Phi) is 5.85. The zero-order chi connectivity index (χ0) is 18.6. The topological polar surface area (TPSA) is 66.9 Å². The van der Waals surface area contributed by atoms with Crippen LogP contribution in [-0.2, 0) is 16.9 Å². The number of ether oxygens (including phenoxy) is 1. The number of thioether (sulfide) groups is 2. The normalized spacial score (nSPS) is 14.8. The Hall–Kier alpha value is -1.77. The summed E-state index contributed by atoms with van der Waals surface area (Å²) in [6, 6.07) is 8.66. The molecule has 2 aromatic heterocycles. The van der Waals surface area contributed by atoms with Crippen LogP contribution in [0.15, 0.2) is 34.3 Å². The maximum absolute atomic E-state index is 5.50. The summed E-state index contributed by atoms with van der Waals surface area (Å²) >= 11 is 3.41. The number of hydrogen-bond donors (Lipinski definition) is 1. The zero-order valence-electron chi connectivity index (χ0n) is 15.6. The molecule has 6 nitrogen and oxygen atoms in total. The van der Waals surface area contributed by atoms with Crippen molar-refractivity contribution in [2.75, 3.05) is 37.5 Å². The molecule has 1 N–H and O–H groups in total. The molecule has 0 spiro atoms. The van der Waals surface area contributed by atoms with E-state index in [1.54, 1.807) is 23.5 Å². The van der Waals surface area contributed by atoms with Crippen LogP contribution < -0.4 is 4.90 Å². The molecular formula is C19H23N5OS2. The van der Waals surface area contributed by atoms with Crippen molar-refractivity contribution in [2.24, 2.45) is 0 Å². The molecule has 4 rings (SSSR count). The molecule has 0 bridgehead atoms. The summed E-state index contributed by atoms with van der Waals surface area (Å²) in [4.78, 5) is 21.1. The lowest BCUT2D eigenvalue weighted by Gasteiger charge is -2.28. The first kappa shape index (κ1) is 18.6. The minimum absolute atomic E-state index is 0.727. The van der Waals surface area contributed by atoms with Crippen LogP contribution in [0.25, 0.3) is 11.2 Å². The van der Waals surface area contributed by atoms with Crippen molar-refractivity contribution in [1.29, 1.82) is 0 Å². The molecule has 8 heteroatoms. The molecule has 27 heavy (non-hydrogen) atoms. The highest BCUT2D eigenvalue weighted by Gasteiger charge is 2.20. The molecule has 1 aliphatic heterocycles. The number of H-pyrrole nitrogens is 1. The molecule has 0 amide bonds. The summed E-state index contributed by atoms with van der Waals surface area (Å²) in [5, 5.41) is 0.770. The third-order valence-electron chi connectivity index (χ3n) is 4.53. The number of imidazole rings is 1. The standard InChI is InChI=1S/C19H23N5OS2/c1-3-15-20-16-17(21-15)22-19(23-18(16)24-8-10-25-11-9-24)27-12-13-4-6-14(26-2)7-5-13/h4-7H,3,8-12H2,1-2H3,(H,20,21,22,23).